The summed E-state index contributed by atoms with van der Waals surface area (Å²) in [5.74, 6) is -2.53. The highest BCUT2D eigenvalue weighted by Crippen LogP contribution is 2.25. The van der Waals surface area contributed by atoms with Crippen LogP contribution in [0, 0.1) is 12.7 Å². The van der Waals surface area contributed by atoms with Crippen molar-refractivity contribution < 1.29 is 18.7 Å². The van der Waals surface area contributed by atoms with Crippen LogP contribution < -0.4 is 5.43 Å². The number of hydrogen-bond acceptors (Lipinski definition) is 4. The van der Waals surface area contributed by atoms with Crippen LogP contribution in [0.3, 0.4) is 0 Å². The fraction of sp³-hybridized carbons (Fsp3) is 0.188. The van der Waals surface area contributed by atoms with Crippen molar-refractivity contribution >= 4 is 35.0 Å². The number of pyridine rings is 1. The quantitative estimate of drug-likeness (QED) is 0.506. The molecule has 24 heavy (non-hydrogen) atoms. The summed E-state index contributed by atoms with van der Waals surface area (Å²) in [5, 5.41) is -0.356. The number of rotatable bonds is 4. The lowest BCUT2D eigenvalue weighted by Gasteiger charge is -2.08. The zero-order valence-electron chi connectivity index (χ0n) is 12.7. The maximum absolute atomic E-state index is 13.6. The molecule has 8 heteroatoms. The summed E-state index contributed by atoms with van der Waals surface area (Å²) >= 11 is 11.5. The molecule has 0 saturated heterocycles. The first-order valence-corrected chi connectivity index (χ1v) is 7.62. The van der Waals surface area contributed by atoms with Crippen molar-refractivity contribution in [3.63, 3.8) is 0 Å². The van der Waals surface area contributed by atoms with Gasteiger partial charge >= 0.3 is 5.97 Å². The normalized spacial score (nSPS) is 10.5. The van der Waals surface area contributed by atoms with Crippen molar-refractivity contribution in [3.8, 4) is 0 Å². The van der Waals surface area contributed by atoms with Crippen molar-refractivity contribution in [1.29, 1.82) is 0 Å². The van der Waals surface area contributed by atoms with Crippen LogP contribution >= 0.6 is 23.2 Å². The van der Waals surface area contributed by atoms with E-state index in [9.17, 15) is 18.8 Å². The largest absolute Gasteiger partial charge is 0.462 e. The Balaban J connectivity index is 2.60. The average Bonchev–Trinajstić information content (AvgIpc) is 2.50. The minimum absolute atomic E-state index is 0.0735. The minimum Gasteiger partial charge on any atom is -0.462 e. The molecule has 1 N–H and O–H groups in total. The van der Waals surface area contributed by atoms with Gasteiger partial charge in [0, 0.05) is 17.5 Å². The van der Waals surface area contributed by atoms with E-state index >= 15 is 0 Å². The third kappa shape index (κ3) is 3.34. The van der Waals surface area contributed by atoms with Crippen LogP contribution in [0.25, 0.3) is 0 Å². The third-order valence-electron chi connectivity index (χ3n) is 3.26. The molecular weight excluding hydrogens is 360 g/mol. The van der Waals surface area contributed by atoms with Crippen molar-refractivity contribution in [3.05, 3.63) is 66.8 Å². The van der Waals surface area contributed by atoms with Gasteiger partial charge < -0.3 is 9.72 Å². The van der Waals surface area contributed by atoms with Gasteiger partial charge in [-0.3, -0.25) is 9.59 Å². The van der Waals surface area contributed by atoms with Gasteiger partial charge in [-0.15, -0.1) is 0 Å². The number of aromatic nitrogens is 1. The molecule has 0 atom stereocenters. The standard InChI is InChI=1S/C16H12Cl2FNO4/c1-3-24-16(23)13-7(2)20-6-9(15(13)22)14(21)8-4-12(19)11(18)5-10(8)17/h4-6H,3H2,1-2H3,(H,20,22). The maximum Gasteiger partial charge on any atom is 0.343 e. The first-order chi connectivity index (χ1) is 11.3. The number of halogens is 3. The third-order valence-corrected chi connectivity index (χ3v) is 3.86. The van der Waals surface area contributed by atoms with Crippen molar-refractivity contribution in [1.82, 2.24) is 4.98 Å². The Kier molecular flexibility index (Phi) is 5.41. The lowest BCUT2D eigenvalue weighted by atomic mass is 10.0. The Labute approximate surface area is 146 Å². The predicted octanol–water partition coefficient (Wildman–Crippen LogP) is 3.54. The van der Waals surface area contributed by atoms with Crippen LogP contribution in [0.5, 0.6) is 0 Å². The average molecular weight is 372 g/mol. The number of carbonyl (C=O) groups is 2. The molecular formula is C16H12Cl2FNO4. The molecule has 0 aliphatic carbocycles. The molecule has 0 amide bonds. The molecule has 0 radical (unpaired) electrons. The van der Waals surface area contributed by atoms with Crippen LogP contribution in [0.1, 0.15) is 38.9 Å². The Morgan fingerprint density at radius 3 is 2.50 bits per heavy atom. The number of benzene rings is 1. The van der Waals surface area contributed by atoms with E-state index < -0.39 is 23.0 Å². The van der Waals surface area contributed by atoms with Crippen LogP contribution in [0.15, 0.2) is 23.1 Å². The van der Waals surface area contributed by atoms with Crippen molar-refractivity contribution in [2.75, 3.05) is 6.61 Å². The summed E-state index contributed by atoms with van der Waals surface area (Å²) in [6.45, 7) is 3.16. The smallest absolute Gasteiger partial charge is 0.343 e. The molecule has 0 spiro atoms. The van der Waals surface area contributed by atoms with E-state index in [1.54, 1.807) is 6.92 Å². The van der Waals surface area contributed by atoms with Crippen LogP contribution in [-0.4, -0.2) is 23.3 Å². The number of esters is 1. The van der Waals surface area contributed by atoms with Crippen LogP contribution in [0.4, 0.5) is 4.39 Å². The predicted molar refractivity (Wildman–Crippen MR) is 87.6 cm³/mol. The fourth-order valence-electron chi connectivity index (χ4n) is 2.08. The Morgan fingerprint density at radius 2 is 1.88 bits per heavy atom. The molecule has 0 aliphatic heterocycles. The number of carbonyl (C=O) groups excluding carboxylic acids is 2. The van der Waals surface area contributed by atoms with E-state index in [0.717, 1.165) is 18.3 Å². The summed E-state index contributed by atoms with van der Waals surface area (Å²) in [4.78, 5) is 39.6. The van der Waals surface area contributed by atoms with Gasteiger partial charge in [-0.05, 0) is 26.0 Å². The van der Waals surface area contributed by atoms with E-state index in [-0.39, 0.29) is 39.0 Å². The molecule has 0 saturated carbocycles. The second-order valence-electron chi connectivity index (χ2n) is 4.83. The fourth-order valence-corrected chi connectivity index (χ4v) is 2.55. The van der Waals surface area contributed by atoms with E-state index in [4.69, 9.17) is 27.9 Å². The molecule has 0 bridgehead atoms. The summed E-state index contributed by atoms with van der Waals surface area (Å²) < 4.78 is 18.4. The first-order valence-electron chi connectivity index (χ1n) is 6.86. The molecule has 0 unspecified atom stereocenters. The maximum atomic E-state index is 13.6. The van der Waals surface area contributed by atoms with Crippen molar-refractivity contribution in [2.24, 2.45) is 0 Å². The number of ether oxygens (including phenoxy) is 1. The number of ketones is 1. The lowest BCUT2D eigenvalue weighted by Crippen LogP contribution is -2.26. The summed E-state index contributed by atoms with van der Waals surface area (Å²) in [7, 11) is 0. The molecule has 2 rings (SSSR count). The van der Waals surface area contributed by atoms with Crippen LogP contribution in [-0.2, 0) is 4.74 Å². The zero-order chi connectivity index (χ0) is 18.0. The Hall–Kier alpha value is -2.18. The molecule has 1 aromatic heterocycles. The molecule has 2 aromatic rings. The van der Waals surface area contributed by atoms with Gasteiger partial charge in [0.25, 0.3) is 0 Å². The van der Waals surface area contributed by atoms with Gasteiger partial charge in [0.2, 0.25) is 5.43 Å². The van der Waals surface area contributed by atoms with Gasteiger partial charge in [0.05, 0.1) is 22.2 Å². The zero-order valence-corrected chi connectivity index (χ0v) is 14.2. The van der Waals surface area contributed by atoms with Gasteiger partial charge in [-0.2, -0.15) is 0 Å². The Bertz CT molecular complexity index is 892. The number of hydrogen-bond donors (Lipinski definition) is 1. The number of nitrogens with one attached hydrogen (secondary N) is 1. The highest BCUT2D eigenvalue weighted by molar-refractivity contribution is 6.37. The topological polar surface area (TPSA) is 76.2 Å². The summed E-state index contributed by atoms with van der Waals surface area (Å²) in [5.41, 5.74) is -1.44. The van der Waals surface area contributed by atoms with E-state index in [0.29, 0.717) is 0 Å². The van der Waals surface area contributed by atoms with Gasteiger partial charge in [0.15, 0.2) is 5.78 Å². The summed E-state index contributed by atoms with van der Waals surface area (Å²) in [6.07, 6.45) is 1.14. The monoisotopic (exact) mass is 371 g/mol. The minimum atomic E-state index is -0.849. The van der Waals surface area contributed by atoms with E-state index in [1.807, 2.05) is 0 Å². The second-order valence-corrected chi connectivity index (χ2v) is 5.64. The molecule has 126 valence electrons. The Morgan fingerprint density at radius 1 is 1.21 bits per heavy atom. The van der Waals surface area contributed by atoms with Crippen LogP contribution in [0.2, 0.25) is 10.0 Å². The van der Waals surface area contributed by atoms with Gasteiger partial charge in [-0.1, -0.05) is 23.2 Å². The molecule has 5 nitrogen and oxygen atoms in total. The molecule has 1 aromatic carbocycles. The van der Waals surface area contributed by atoms with E-state index in [1.165, 1.54) is 6.92 Å². The summed E-state index contributed by atoms with van der Waals surface area (Å²) in [6, 6.07) is 1.91. The highest BCUT2D eigenvalue weighted by Gasteiger charge is 2.24. The SMILES string of the molecule is CCOC(=O)c1c(C)[nH]cc(C(=O)c2cc(F)c(Cl)cc2Cl)c1=O. The number of aromatic amines is 1. The van der Waals surface area contributed by atoms with E-state index in [2.05, 4.69) is 4.98 Å². The van der Waals surface area contributed by atoms with Gasteiger partial charge in [-0.25, -0.2) is 9.18 Å². The molecule has 0 fully saturated rings. The number of H-pyrrole nitrogens is 1. The van der Waals surface area contributed by atoms with Crippen molar-refractivity contribution in [2.45, 2.75) is 13.8 Å². The molecule has 0 aliphatic rings. The second kappa shape index (κ2) is 7.15. The lowest BCUT2D eigenvalue weighted by molar-refractivity contribution is 0.0523. The number of aryl methyl sites for hydroxylation is 1. The van der Waals surface area contributed by atoms with Gasteiger partial charge in [0.1, 0.15) is 11.4 Å². The highest BCUT2D eigenvalue weighted by atomic mass is 35.5. The first kappa shape index (κ1) is 18.2. The molecule has 1 heterocycles.